The summed E-state index contributed by atoms with van der Waals surface area (Å²) in [7, 11) is 0. The molecule has 4 rings (SSSR count). The van der Waals surface area contributed by atoms with Gasteiger partial charge < -0.3 is 20.1 Å². The van der Waals surface area contributed by atoms with Crippen LogP contribution in [0, 0.1) is 0 Å². The maximum atomic E-state index is 13.4. The highest BCUT2D eigenvalue weighted by Gasteiger charge is 2.37. The first-order valence-electron chi connectivity index (χ1n) is 9.99. The maximum absolute atomic E-state index is 13.4. The molecule has 2 aromatic heterocycles. The van der Waals surface area contributed by atoms with Gasteiger partial charge in [0, 0.05) is 18.3 Å². The average Bonchev–Trinajstić information content (AvgIpc) is 3.42. The second-order valence-electron chi connectivity index (χ2n) is 7.56. The first kappa shape index (κ1) is 24.8. The van der Waals surface area contributed by atoms with Crippen molar-refractivity contribution in [1.82, 2.24) is 20.1 Å². The lowest BCUT2D eigenvalue weighted by Crippen LogP contribution is -2.31. The minimum atomic E-state index is -4.84. The topological polar surface area (TPSA) is 107 Å². The summed E-state index contributed by atoms with van der Waals surface area (Å²) < 4.78 is 51.9. The van der Waals surface area contributed by atoms with Crippen LogP contribution < -0.4 is 20.1 Å². The molecule has 2 N–H and O–H groups in total. The number of halogens is 5. The van der Waals surface area contributed by atoms with Gasteiger partial charge in [-0.25, -0.2) is 9.67 Å². The van der Waals surface area contributed by atoms with Crippen molar-refractivity contribution in [3.8, 4) is 17.3 Å². The molecule has 0 spiro atoms. The highest BCUT2D eigenvalue weighted by Crippen LogP contribution is 2.46. The molecule has 0 unspecified atom stereocenters. The van der Waals surface area contributed by atoms with Gasteiger partial charge in [0.1, 0.15) is 5.69 Å². The van der Waals surface area contributed by atoms with Gasteiger partial charge in [0.2, 0.25) is 6.79 Å². The molecule has 0 aliphatic carbocycles. The van der Waals surface area contributed by atoms with Crippen LogP contribution in [-0.2, 0) is 6.18 Å². The van der Waals surface area contributed by atoms with Crippen LogP contribution in [-0.4, -0.2) is 39.4 Å². The summed E-state index contributed by atoms with van der Waals surface area (Å²) in [4.78, 5) is 30.1. The van der Waals surface area contributed by atoms with E-state index in [1.54, 1.807) is 13.8 Å². The Labute approximate surface area is 209 Å². The van der Waals surface area contributed by atoms with Crippen LogP contribution in [0.3, 0.4) is 0 Å². The summed E-state index contributed by atoms with van der Waals surface area (Å²) in [5, 5.41) is 8.66. The third-order valence-corrected chi connectivity index (χ3v) is 5.73. The molecule has 0 saturated carbocycles. The van der Waals surface area contributed by atoms with E-state index in [1.807, 2.05) is 0 Å². The molecule has 0 bridgehead atoms. The van der Waals surface area contributed by atoms with Crippen molar-refractivity contribution in [3.63, 3.8) is 0 Å². The lowest BCUT2D eigenvalue weighted by molar-refractivity contribution is -0.141. The van der Waals surface area contributed by atoms with Crippen molar-refractivity contribution >= 4 is 45.0 Å². The zero-order chi connectivity index (χ0) is 25.5. The summed E-state index contributed by atoms with van der Waals surface area (Å²) in [5.74, 6) is -1.26. The molecule has 3 heterocycles. The van der Waals surface area contributed by atoms with Crippen LogP contribution in [0.5, 0.6) is 11.5 Å². The minimum absolute atomic E-state index is 0.00107. The number of nitrogens with one attached hydrogen (secondary N) is 2. The molecular formula is C21H16BrClF3N5O4. The molecule has 0 fully saturated rings. The first-order valence-corrected chi connectivity index (χ1v) is 11.2. The number of carbonyl (C=O) groups excluding carboxylic acids is 2. The fraction of sp³-hybridized carbons (Fsp3) is 0.238. The van der Waals surface area contributed by atoms with Crippen LogP contribution >= 0.6 is 27.5 Å². The van der Waals surface area contributed by atoms with E-state index >= 15 is 0 Å². The Morgan fingerprint density at radius 1 is 1.23 bits per heavy atom. The van der Waals surface area contributed by atoms with E-state index in [9.17, 15) is 22.8 Å². The number of anilines is 1. The summed E-state index contributed by atoms with van der Waals surface area (Å²) in [5.41, 5.74) is -1.88. The van der Waals surface area contributed by atoms with E-state index in [1.165, 1.54) is 24.4 Å². The van der Waals surface area contributed by atoms with Crippen LogP contribution in [0.4, 0.5) is 18.9 Å². The van der Waals surface area contributed by atoms with E-state index < -0.39 is 29.4 Å². The monoisotopic (exact) mass is 573 g/mol. The fourth-order valence-corrected chi connectivity index (χ4v) is 4.02. The number of rotatable bonds is 5. The molecule has 2 amide bonds. The van der Waals surface area contributed by atoms with Gasteiger partial charge in [-0.15, -0.1) is 0 Å². The molecule has 14 heteroatoms. The van der Waals surface area contributed by atoms with Crippen LogP contribution in [0.15, 0.2) is 34.9 Å². The van der Waals surface area contributed by atoms with Gasteiger partial charge in [-0.1, -0.05) is 11.6 Å². The zero-order valence-corrected chi connectivity index (χ0v) is 20.4. The van der Waals surface area contributed by atoms with Crippen LogP contribution in [0.25, 0.3) is 5.82 Å². The van der Waals surface area contributed by atoms with Crippen LogP contribution in [0.1, 0.15) is 40.4 Å². The first-order chi connectivity index (χ1) is 16.5. The van der Waals surface area contributed by atoms with Crippen molar-refractivity contribution in [3.05, 3.63) is 56.9 Å². The smallest absolute Gasteiger partial charge is 0.435 e. The quantitative estimate of drug-likeness (QED) is 0.453. The Morgan fingerprint density at radius 3 is 2.63 bits per heavy atom. The van der Waals surface area contributed by atoms with Gasteiger partial charge in [-0.05, 0) is 48.0 Å². The third kappa shape index (κ3) is 4.91. The number of alkyl halides is 3. The van der Waals surface area contributed by atoms with Crippen molar-refractivity contribution in [2.45, 2.75) is 26.1 Å². The van der Waals surface area contributed by atoms with Gasteiger partial charge in [0.25, 0.3) is 11.8 Å². The van der Waals surface area contributed by atoms with E-state index in [-0.39, 0.29) is 50.9 Å². The highest BCUT2D eigenvalue weighted by molar-refractivity contribution is 9.10. The molecule has 3 aromatic rings. The number of carbonyl (C=O) groups is 2. The number of benzene rings is 1. The van der Waals surface area contributed by atoms with E-state index in [4.69, 9.17) is 21.1 Å². The Morgan fingerprint density at radius 2 is 1.97 bits per heavy atom. The number of fused-ring (bicyclic) bond motifs is 1. The largest absolute Gasteiger partial charge is 0.454 e. The number of nitrogens with zero attached hydrogens (tertiary/aromatic N) is 3. The van der Waals surface area contributed by atoms with Crippen molar-refractivity contribution in [1.29, 1.82) is 0 Å². The van der Waals surface area contributed by atoms with Gasteiger partial charge in [-0.2, -0.15) is 18.3 Å². The van der Waals surface area contributed by atoms with E-state index in [0.29, 0.717) is 10.7 Å². The molecule has 1 aromatic carbocycles. The Bertz CT molecular complexity index is 1330. The number of aromatic nitrogens is 3. The second-order valence-corrected chi connectivity index (χ2v) is 8.76. The number of ether oxygens (including phenoxy) is 2. The molecule has 9 nitrogen and oxygen atoms in total. The summed E-state index contributed by atoms with van der Waals surface area (Å²) in [6, 6.07) is 4.56. The Balaban J connectivity index is 1.81. The SMILES string of the molecule is CC(C)NC(=O)c1cc2c(c(Br)c1NC(=O)c1cc(C(F)(F)F)nn1-c1ncccc1Cl)OCO2. The summed E-state index contributed by atoms with van der Waals surface area (Å²) in [6.07, 6.45) is -3.55. The molecule has 0 radical (unpaired) electrons. The van der Waals surface area contributed by atoms with Gasteiger partial charge in [0.05, 0.1) is 20.7 Å². The van der Waals surface area contributed by atoms with Crippen molar-refractivity contribution < 1.29 is 32.2 Å². The number of amides is 2. The molecular weight excluding hydrogens is 559 g/mol. The van der Waals surface area contributed by atoms with Gasteiger partial charge in [0.15, 0.2) is 23.0 Å². The normalized spacial score (nSPS) is 12.7. The number of pyridine rings is 1. The fourth-order valence-electron chi connectivity index (χ4n) is 3.20. The van der Waals surface area contributed by atoms with E-state index in [0.717, 1.165) is 0 Å². The standard InChI is InChI=1S/C21H16BrClF3N5O4/c1-9(2)28-19(32)10-6-13-17(35-8-34-13)15(22)16(10)29-20(33)12-7-14(21(24,25)26)30-31(12)18-11(23)4-3-5-27-18/h3-7,9H,8H2,1-2H3,(H,28,32)(H,29,33). The molecule has 184 valence electrons. The lowest BCUT2D eigenvalue weighted by Gasteiger charge is -2.16. The summed E-state index contributed by atoms with van der Waals surface area (Å²) in [6.45, 7) is 3.37. The maximum Gasteiger partial charge on any atom is 0.435 e. The molecule has 0 atom stereocenters. The number of hydrogen-bond donors (Lipinski definition) is 2. The average molecular weight is 575 g/mol. The predicted molar refractivity (Wildman–Crippen MR) is 122 cm³/mol. The third-order valence-electron chi connectivity index (χ3n) is 4.68. The summed E-state index contributed by atoms with van der Waals surface area (Å²) >= 11 is 9.39. The number of hydrogen-bond acceptors (Lipinski definition) is 6. The Kier molecular flexibility index (Phi) is 6.64. The second kappa shape index (κ2) is 9.38. The molecule has 0 saturated heterocycles. The van der Waals surface area contributed by atoms with Crippen molar-refractivity contribution in [2.24, 2.45) is 0 Å². The predicted octanol–water partition coefficient (Wildman–Crippen LogP) is 4.82. The van der Waals surface area contributed by atoms with Crippen molar-refractivity contribution in [2.75, 3.05) is 12.1 Å². The molecule has 1 aliphatic heterocycles. The van der Waals surface area contributed by atoms with Crippen LogP contribution in [0.2, 0.25) is 5.02 Å². The molecule has 1 aliphatic rings. The van der Waals surface area contributed by atoms with Gasteiger partial charge in [-0.3, -0.25) is 9.59 Å². The van der Waals surface area contributed by atoms with E-state index in [2.05, 4.69) is 36.6 Å². The van der Waals surface area contributed by atoms with Gasteiger partial charge >= 0.3 is 6.18 Å². The highest BCUT2D eigenvalue weighted by atomic mass is 79.9. The zero-order valence-electron chi connectivity index (χ0n) is 18.0. The lowest BCUT2D eigenvalue weighted by atomic mass is 10.1. The molecule has 35 heavy (non-hydrogen) atoms. The minimum Gasteiger partial charge on any atom is -0.454 e. The Hall–Kier alpha value is -3.32.